The number of carbonyl (C=O) groups excluding carboxylic acids is 2. The van der Waals surface area contributed by atoms with Crippen molar-refractivity contribution >= 4 is 18.1 Å². The normalized spacial score (nSPS) is 14.5. The van der Waals surface area contributed by atoms with Gasteiger partial charge in [-0.05, 0) is 78.1 Å². The minimum atomic E-state index is -4.67. The third-order valence-electron chi connectivity index (χ3n) is 6.43. The number of hydrogen-bond acceptors (Lipinski definition) is 8. The molecule has 46 heavy (non-hydrogen) atoms. The maximum atomic E-state index is 14.0. The molecule has 1 aliphatic heterocycles. The minimum Gasteiger partial charge on any atom is -0.493 e. The molecule has 1 fully saturated rings. The molecule has 0 unspecified atom stereocenters. The van der Waals surface area contributed by atoms with E-state index in [1.54, 1.807) is 46.4 Å². The standard InChI is InChI=1S/C32H38F3N5O6/c1-30(2,3)44-28(41)37-27(38-29(42)45-31(4,5)6)40-18-22(19-40)26-36-25(39-46-26)21-14-15-24(23(17-21)32(33,34)35)43-16-10-13-20-11-8-7-9-12-20/h7-9,11-12,14-15,17,22H,10,13,16,18-19H2,1-6H3,(H,37,38,41,42). The fraction of sp³-hybridized carbons (Fsp3) is 0.469. The SMILES string of the molecule is CC(C)(C)OC(=O)/N=C(\NC(=O)OC(C)(C)C)N1CC(c2nc(-c3ccc(OCCCc4ccccc4)c(C(F)(F)F)c3)no2)C1. The van der Waals surface area contributed by atoms with Crippen LogP contribution in [0.25, 0.3) is 11.4 Å². The Hall–Kier alpha value is -4.62. The van der Waals surface area contributed by atoms with Crippen LogP contribution in [0, 0.1) is 0 Å². The summed E-state index contributed by atoms with van der Waals surface area (Å²) < 4.78 is 63.3. The average Bonchev–Trinajstić information content (AvgIpc) is 3.38. The zero-order chi connectivity index (χ0) is 33.7. The molecule has 4 rings (SSSR count). The van der Waals surface area contributed by atoms with Crippen LogP contribution in [0.5, 0.6) is 5.75 Å². The molecule has 1 saturated heterocycles. The number of nitrogens with zero attached hydrogens (tertiary/aromatic N) is 4. The van der Waals surface area contributed by atoms with Crippen LogP contribution in [0.2, 0.25) is 0 Å². The second-order valence-corrected chi connectivity index (χ2v) is 12.7. The largest absolute Gasteiger partial charge is 0.493 e. The molecular formula is C32H38F3N5O6. The molecule has 0 atom stereocenters. The fourth-order valence-electron chi connectivity index (χ4n) is 4.39. The van der Waals surface area contributed by atoms with Crippen molar-refractivity contribution in [1.82, 2.24) is 20.4 Å². The molecule has 0 spiro atoms. The fourth-order valence-corrected chi connectivity index (χ4v) is 4.39. The highest BCUT2D eigenvalue weighted by atomic mass is 19.4. The van der Waals surface area contributed by atoms with E-state index in [9.17, 15) is 22.8 Å². The number of likely N-dealkylation sites (tertiary alicyclic amines) is 1. The highest BCUT2D eigenvalue weighted by Gasteiger charge is 2.38. The lowest BCUT2D eigenvalue weighted by Crippen LogP contribution is -2.55. The van der Waals surface area contributed by atoms with Gasteiger partial charge in [-0.3, -0.25) is 5.32 Å². The number of alkyl halides is 3. The number of nitrogens with one attached hydrogen (secondary N) is 1. The third-order valence-corrected chi connectivity index (χ3v) is 6.43. The molecule has 1 aromatic heterocycles. The number of aryl methyl sites for hydroxylation is 1. The zero-order valence-corrected chi connectivity index (χ0v) is 26.6. The summed E-state index contributed by atoms with van der Waals surface area (Å²) in [5.74, 6) is -0.565. The Bertz CT molecular complexity index is 1540. The van der Waals surface area contributed by atoms with Crippen LogP contribution in [-0.4, -0.2) is 64.1 Å². The maximum absolute atomic E-state index is 14.0. The van der Waals surface area contributed by atoms with Crippen LogP contribution < -0.4 is 10.1 Å². The summed E-state index contributed by atoms with van der Waals surface area (Å²) in [5.41, 5.74) is -1.37. The van der Waals surface area contributed by atoms with Crippen molar-refractivity contribution in [2.24, 2.45) is 4.99 Å². The predicted octanol–water partition coefficient (Wildman–Crippen LogP) is 6.98. The number of benzene rings is 2. The molecular weight excluding hydrogens is 607 g/mol. The van der Waals surface area contributed by atoms with Gasteiger partial charge in [0, 0.05) is 18.7 Å². The molecule has 2 aromatic carbocycles. The Kier molecular flexibility index (Phi) is 10.3. The lowest BCUT2D eigenvalue weighted by molar-refractivity contribution is -0.138. The van der Waals surface area contributed by atoms with Crippen LogP contribution in [0.4, 0.5) is 22.8 Å². The van der Waals surface area contributed by atoms with E-state index in [-0.39, 0.29) is 54.6 Å². The first-order valence-corrected chi connectivity index (χ1v) is 14.8. The molecule has 1 N–H and O–H groups in total. The molecule has 14 heteroatoms. The van der Waals surface area contributed by atoms with Gasteiger partial charge >= 0.3 is 18.4 Å². The first kappa shape index (κ1) is 34.3. The van der Waals surface area contributed by atoms with Crippen molar-refractivity contribution in [3.05, 3.63) is 65.5 Å². The van der Waals surface area contributed by atoms with Crippen LogP contribution in [0.15, 0.2) is 58.0 Å². The van der Waals surface area contributed by atoms with E-state index < -0.39 is 35.1 Å². The van der Waals surface area contributed by atoms with Crippen molar-refractivity contribution in [2.45, 2.75) is 77.7 Å². The van der Waals surface area contributed by atoms with E-state index in [0.717, 1.165) is 11.6 Å². The van der Waals surface area contributed by atoms with Gasteiger partial charge in [0.2, 0.25) is 17.7 Å². The highest BCUT2D eigenvalue weighted by molar-refractivity contribution is 5.99. The van der Waals surface area contributed by atoms with Gasteiger partial charge in [-0.15, -0.1) is 4.99 Å². The van der Waals surface area contributed by atoms with Crippen molar-refractivity contribution in [3.63, 3.8) is 0 Å². The van der Waals surface area contributed by atoms with Gasteiger partial charge in [0.25, 0.3) is 0 Å². The Morgan fingerprint density at radius 3 is 2.30 bits per heavy atom. The number of aliphatic imine (C=N–C) groups is 1. The van der Waals surface area contributed by atoms with Gasteiger partial charge in [0.05, 0.1) is 18.1 Å². The molecule has 2 heterocycles. The maximum Gasteiger partial charge on any atom is 0.437 e. The minimum absolute atomic E-state index is 0.0240. The summed E-state index contributed by atoms with van der Waals surface area (Å²) in [6.45, 7) is 10.6. The lowest BCUT2D eigenvalue weighted by Gasteiger charge is -2.39. The van der Waals surface area contributed by atoms with Gasteiger partial charge in [0.15, 0.2) is 0 Å². The number of hydrogen-bond donors (Lipinski definition) is 1. The third kappa shape index (κ3) is 9.94. The van der Waals surface area contributed by atoms with Gasteiger partial charge in [-0.25, -0.2) is 9.59 Å². The number of carbonyl (C=O) groups is 2. The van der Waals surface area contributed by atoms with Crippen molar-refractivity contribution in [2.75, 3.05) is 19.7 Å². The smallest absolute Gasteiger partial charge is 0.437 e. The van der Waals surface area contributed by atoms with E-state index >= 15 is 0 Å². The van der Waals surface area contributed by atoms with E-state index in [0.29, 0.717) is 12.8 Å². The second-order valence-electron chi connectivity index (χ2n) is 12.7. The van der Waals surface area contributed by atoms with Crippen molar-refractivity contribution in [1.29, 1.82) is 0 Å². The molecule has 2 amide bonds. The molecule has 248 valence electrons. The van der Waals surface area contributed by atoms with E-state index in [1.165, 1.54) is 12.1 Å². The summed E-state index contributed by atoms with van der Waals surface area (Å²) in [7, 11) is 0. The molecule has 11 nitrogen and oxygen atoms in total. The molecule has 3 aromatic rings. The average molecular weight is 646 g/mol. The Morgan fingerprint density at radius 2 is 1.67 bits per heavy atom. The molecule has 0 bridgehead atoms. The van der Waals surface area contributed by atoms with Gasteiger partial charge < -0.3 is 23.6 Å². The van der Waals surface area contributed by atoms with Crippen molar-refractivity contribution in [3.8, 4) is 17.1 Å². The molecule has 0 saturated carbocycles. The van der Waals surface area contributed by atoms with Crippen molar-refractivity contribution < 1.29 is 41.5 Å². The number of halogens is 3. The lowest BCUT2D eigenvalue weighted by atomic mass is 10.0. The second kappa shape index (κ2) is 13.8. The van der Waals surface area contributed by atoms with E-state index in [2.05, 4.69) is 20.4 Å². The summed E-state index contributed by atoms with van der Waals surface area (Å²) in [6.07, 6.45) is -5.17. The Labute approximate surface area is 265 Å². The Balaban J connectivity index is 1.43. The van der Waals surface area contributed by atoms with Gasteiger partial charge in [-0.2, -0.15) is 18.2 Å². The van der Waals surface area contributed by atoms with Gasteiger partial charge in [-0.1, -0.05) is 35.5 Å². The van der Waals surface area contributed by atoms with Gasteiger partial charge in [0.1, 0.15) is 17.0 Å². The highest BCUT2D eigenvalue weighted by Crippen LogP contribution is 2.39. The van der Waals surface area contributed by atoms with E-state index in [4.69, 9.17) is 18.7 Å². The van der Waals surface area contributed by atoms with Crippen LogP contribution in [0.1, 0.15) is 70.9 Å². The number of guanidine groups is 1. The monoisotopic (exact) mass is 645 g/mol. The zero-order valence-electron chi connectivity index (χ0n) is 26.6. The quantitative estimate of drug-likeness (QED) is 0.164. The van der Waals surface area contributed by atoms with Crippen LogP contribution in [-0.2, 0) is 22.1 Å². The number of amides is 2. The Morgan fingerprint density at radius 1 is 1.00 bits per heavy atom. The summed E-state index contributed by atoms with van der Waals surface area (Å²) in [5, 5.41) is 6.37. The summed E-state index contributed by atoms with van der Waals surface area (Å²) >= 11 is 0. The topological polar surface area (TPSA) is 128 Å². The molecule has 0 radical (unpaired) electrons. The number of aromatic nitrogens is 2. The van der Waals surface area contributed by atoms with E-state index in [1.807, 2.05) is 30.3 Å². The molecule has 0 aliphatic carbocycles. The first-order chi connectivity index (χ1) is 21.5. The molecule has 1 aliphatic rings. The first-order valence-electron chi connectivity index (χ1n) is 14.8. The summed E-state index contributed by atoms with van der Waals surface area (Å²) in [4.78, 5) is 34.6. The number of rotatable bonds is 7. The van der Waals surface area contributed by atoms with Crippen LogP contribution >= 0.6 is 0 Å². The number of ether oxygens (including phenoxy) is 3. The summed E-state index contributed by atoms with van der Waals surface area (Å²) in [6, 6.07) is 13.2. The predicted molar refractivity (Wildman–Crippen MR) is 162 cm³/mol. The number of alkyl carbamates (subject to hydrolysis) is 1. The van der Waals surface area contributed by atoms with Crippen LogP contribution in [0.3, 0.4) is 0 Å².